The topological polar surface area (TPSA) is 46.0 Å². The maximum atomic E-state index is 10.0. The molecule has 88 valence electrons. The second-order valence-corrected chi connectivity index (χ2v) is 3.99. The lowest BCUT2D eigenvalue weighted by atomic mass is 10.1. The summed E-state index contributed by atoms with van der Waals surface area (Å²) in [5.41, 5.74) is 2.93. The monoisotopic (exact) mass is 228 g/mol. The van der Waals surface area contributed by atoms with Crippen LogP contribution in [0.4, 0.5) is 0 Å². The summed E-state index contributed by atoms with van der Waals surface area (Å²) in [6, 6.07) is 7.65. The van der Waals surface area contributed by atoms with Crippen LogP contribution < -0.4 is 0 Å². The first-order chi connectivity index (χ1) is 8.26. The Hall–Kier alpha value is -1.74. The highest BCUT2D eigenvalue weighted by atomic mass is 16.3. The van der Waals surface area contributed by atoms with Gasteiger partial charge in [-0.1, -0.05) is 32.1 Å². The average molecular weight is 228 g/mol. The number of aliphatic hydroxyl groups is 1. The zero-order valence-electron chi connectivity index (χ0n) is 9.93. The maximum absolute atomic E-state index is 10.0. The third-order valence-corrected chi connectivity index (χ3v) is 2.70. The van der Waals surface area contributed by atoms with Crippen molar-refractivity contribution in [1.82, 2.24) is 9.97 Å². The molecule has 0 aliphatic rings. The first kappa shape index (κ1) is 11.7. The summed E-state index contributed by atoms with van der Waals surface area (Å²) in [4.78, 5) is 8.94. The van der Waals surface area contributed by atoms with Gasteiger partial charge in [0.1, 0.15) is 0 Å². The van der Waals surface area contributed by atoms with Crippen LogP contribution in [0.1, 0.15) is 37.3 Å². The maximum Gasteiger partial charge on any atom is 0.0981 e. The van der Waals surface area contributed by atoms with Gasteiger partial charge in [0, 0.05) is 0 Å². The van der Waals surface area contributed by atoms with Gasteiger partial charge in [-0.25, -0.2) is 9.97 Å². The molecule has 1 aromatic carbocycles. The van der Waals surface area contributed by atoms with Gasteiger partial charge in [0.05, 0.1) is 28.5 Å². The molecule has 0 aliphatic heterocycles. The Morgan fingerprint density at radius 2 is 1.94 bits per heavy atom. The summed E-state index contributed by atoms with van der Waals surface area (Å²) >= 11 is 0. The number of aliphatic hydroxyl groups excluding tert-OH is 1. The van der Waals surface area contributed by atoms with E-state index in [1.807, 2.05) is 31.2 Å². The normalized spacial score (nSPS) is 12.6. The molecule has 1 aromatic heterocycles. The van der Waals surface area contributed by atoms with E-state index >= 15 is 0 Å². The van der Waals surface area contributed by atoms with E-state index in [4.69, 9.17) is 0 Å². The predicted molar refractivity (Wildman–Crippen MR) is 69.5 cm³/mol. The first-order valence-electron chi connectivity index (χ1n) is 5.83. The molecule has 0 unspecified atom stereocenters. The molecule has 1 heterocycles. The largest absolute Gasteiger partial charge is 0.387 e. The van der Waals surface area contributed by atoms with Crippen LogP contribution in [0, 0.1) is 0 Å². The second-order valence-electron chi connectivity index (χ2n) is 3.99. The summed E-state index contributed by atoms with van der Waals surface area (Å²) in [6.45, 7) is 5.76. The second kappa shape index (κ2) is 5.06. The number of hydrogen-bond acceptors (Lipinski definition) is 3. The Bertz CT molecular complexity index is 537. The highest BCUT2D eigenvalue weighted by Gasteiger charge is 2.14. The van der Waals surface area contributed by atoms with E-state index in [-0.39, 0.29) is 0 Å². The third-order valence-electron chi connectivity index (χ3n) is 2.70. The van der Waals surface area contributed by atoms with Crippen LogP contribution in [-0.2, 0) is 0 Å². The van der Waals surface area contributed by atoms with Gasteiger partial charge in [-0.2, -0.15) is 0 Å². The number of nitrogens with zero attached hydrogens (tertiary/aromatic N) is 2. The quantitative estimate of drug-likeness (QED) is 0.874. The van der Waals surface area contributed by atoms with Crippen molar-refractivity contribution in [3.05, 3.63) is 42.2 Å². The van der Waals surface area contributed by atoms with E-state index < -0.39 is 6.10 Å². The minimum atomic E-state index is -0.565. The lowest BCUT2D eigenvalue weighted by molar-refractivity contribution is 0.161. The van der Waals surface area contributed by atoms with Crippen molar-refractivity contribution in [3.63, 3.8) is 0 Å². The van der Waals surface area contributed by atoms with Gasteiger partial charge in [0.2, 0.25) is 0 Å². The van der Waals surface area contributed by atoms with Crippen LogP contribution >= 0.6 is 0 Å². The van der Waals surface area contributed by atoms with Crippen LogP contribution in [0.15, 0.2) is 30.8 Å². The standard InChI is InChI=1S/C14H16N2O/c1-3-7-13(17)14-10(4-2)15-11-8-5-6-9-12(11)16-14/h4-6,8-9,13,17H,2-3,7H2,1H3/t13-/m1/s1. The van der Waals surface area contributed by atoms with Crippen LogP contribution in [0.2, 0.25) is 0 Å². The Morgan fingerprint density at radius 1 is 1.29 bits per heavy atom. The molecular formula is C14H16N2O. The summed E-state index contributed by atoms with van der Waals surface area (Å²) in [5, 5.41) is 10.0. The summed E-state index contributed by atoms with van der Waals surface area (Å²) in [7, 11) is 0. The van der Waals surface area contributed by atoms with Gasteiger partial charge < -0.3 is 5.11 Å². The molecule has 0 radical (unpaired) electrons. The van der Waals surface area contributed by atoms with Gasteiger partial charge in [0.25, 0.3) is 0 Å². The highest BCUT2D eigenvalue weighted by molar-refractivity contribution is 5.75. The number of fused-ring (bicyclic) bond motifs is 1. The summed E-state index contributed by atoms with van der Waals surface area (Å²) in [6.07, 6.45) is 2.68. The molecule has 0 aliphatic carbocycles. The van der Waals surface area contributed by atoms with E-state index in [1.54, 1.807) is 6.08 Å². The Labute approximate surface area is 101 Å². The van der Waals surface area contributed by atoms with E-state index in [0.29, 0.717) is 17.8 Å². The molecule has 0 saturated heterocycles. The van der Waals surface area contributed by atoms with Crippen molar-refractivity contribution in [2.45, 2.75) is 25.9 Å². The first-order valence-corrected chi connectivity index (χ1v) is 5.83. The lowest BCUT2D eigenvalue weighted by Crippen LogP contribution is -2.05. The number of benzene rings is 1. The molecule has 0 amide bonds. The van der Waals surface area contributed by atoms with E-state index in [1.165, 1.54) is 0 Å². The molecule has 17 heavy (non-hydrogen) atoms. The molecular weight excluding hydrogens is 212 g/mol. The van der Waals surface area contributed by atoms with Crippen LogP contribution in [0.25, 0.3) is 17.1 Å². The molecule has 1 N–H and O–H groups in total. The molecule has 0 bridgehead atoms. The SMILES string of the molecule is C=Cc1nc2ccccc2nc1[C@H](O)CCC. The van der Waals surface area contributed by atoms with Crippen molar-refractivity contribution in [1.29, 1.82) is 0 Å². The number of para-hydroxylation sites is 2. The third kappa shape index (κ3) is 2.34. The van der Waals surface area contributed by atoms with E-state index in [9.17, 15) is 5.11 Å². The zero-order chi connectivity index (χ0) is 12.3. The molecule has 0 fully saturated rings. The van der Waals surface area contributed by atoms with Gasteiger partial charge in [0.15, 0.2) is 0 Å². The Morgan fingerprint density at radius 3 is 2.53 bits per heavy atom. The summed E-state index contributed by atoms with van der Waals surface area (Å²) in [5.74, 6) is 0. The van der Waals surface area contributed by atoms with Crippen molar-refractivity contribution in [3.8, 4) is 0 Å². The van der Waals surface area contributed by atoms with Crippen molar-refractivity contribution in [2.24, 2.45) is 0 Å². The summed E-state index contributed by atoms with van der Waals surface area (Å²) < 4.78 is 0. The number of aromatic nitrogens is 2. The molecule has 0 saturated carbocycles. The molecule has 0 spiro atoms. The van der Waals surface area contributed by atoms with Gasteiger partial charge >= 0.3 is 0 Å². The minimum Gasteiger partial charge on any atom is -0.387 e. The van der Waals surface area contributed by atoms with Gasteiger partial charge in [-0.3, -0.25) is 0 Å². The Balaban J connectivity index is 2.56. The van der Waals surface area contributed by atoms with Gasteiger partial charge in [-0.05, 0) is 24.6 Å². The van der Waals surface area contributed by atoms with Crippen LogP contribution in [0.5, 0.6) is 0 Å². The smallest absolute Gasteiger partial charge is 0.0981 e. The molecule has 1 atom stereocenters. The fourth-order valence-electron chi connectivity index (χ4n) is 1.83. The lowest BCUT2D eigenvalue weighted by Gasteiger charge is -2.12. The van der Waals surface area contributed by atoms with Crippen LogP contribution in [-0.4, -0.2) is 15.1 Å². The van der Waals surface area contributed by atoms with Crippen LogP contribution in [0.3, 0.4) is 0 Å². The highest BCUT2D eigenvalue weighted by Crippen LogP contribution is 2.22. The number of hydrogen-bond donors (Lipinski definition) is 1. The van der Waals surface area contributed by atoms with E-state index in [0.717, 1.165) is 17.5 Å². The molecule has 2 rings (SSSR count). The minimum absolute atomic E-state index is 0.565. The van der Waals surface area contributed by atoms with Crippen molar-refractivity contribution >= 4 is 17.1 Å². The van der Waals surface area contributed by atoms with Crippen molar-refractivity contribution < 1.29 is 5.11 Å². The fraction of sp³-hybridized carbons (Fsp3) is 0.286. The zero-order valence-corrected chi connectivity index (χ0v) is 9.93. The molecule has 3 heteroatoms. The van der Waals surface area contributed by atoms with Gasteiger partial charge in [-0.15, -0.1) is 0 Å². The predicted octanol–water partition coefficient (Wildman–Crippen LogP) is 3.11. The van der Waals surface area contributed by atoms with E-state index in [2.05, 4.69) is 16.5 Å². The fourth-order valence-corrected chi connectivity index (χ4v) is 1.83. The molecule has 3 nitrogen and oxygen atoms in total. The van der Waals surface area contributed by atoms with Crippen molar-refractivity contribution in [2.75, 3.05) is 0 Å². The molecule has 2 aromatic rings. The number of rotatable bonds is 4. The Kier molecular flexibility index (Phi) is 3.49. The average Bonchev–Trinajstić information content (AvgIpc) is 2.37.